The molecule has 17 heavy (non-hydrogen) atoms. The van der Waals surface area contributed by atoms with Crippen molar-refractivity contribution in [2.24, 2.45) is 0 Å². The van der Waals surface area contributed by atoms with Crippen LogP contribution in [0.2, 0.25) is 0 Å². The summed E-state index contributed by atoms with van der Waals surface area (Å²) in [7, 11) is 0. The Bertz CT molecular complexity index is 562. The van der Waals surface area contributed by atoms with Crippen LogP contribution in [0.25, 0.3) is 11.0 Å². The third kappa shape index (κ3) is 2.01. The van der Waals surface area contributed by atoms with Gasteiger partial charge in [-0.25, -0.2) is 0 Å². The molecule has 6 nitrogen and oxygen atoms in total. The maximum absolute atomic E-state index is 11.3. The van der Waals surface area contributed by atoms with Gasteiger partial charge in [-0.15, -0.1) is 0 Å². The van der Waals surface area contributed by atoms with Crippen molar-refractivity contribution in [1.29, 1.82) is 0 Å². The Balaban J connectivity index is 2.41. The van der Waals surface area contributed by atoms with Crippen LogP contribution in [-0.2, 0) is 16.0 Å². The topological polar surface area (TPSA) is 98.6 Å². The molecule has 2 aromatic rings. The van der Waals surface area contributed by atoms with Gasteiger partial charge in [-0.1, -0.05) is 5.16 Å². The molecule has 0 aliphatic carbocycles. The van der Waals surface area contributed by atoms with Crippen LogP contribution in [0.1, 0.15) is 12.6 Å². The van der Waals surface area contributed by atoms with Crippen LogP contribution in [-0.4, -0.2) is 22.8 Å². The second kappa shape index (κ2) is 4.32. The Morgan fingerprint density at radius 2 is 2.35 bits per heavy atom. The van der Waals surface area contributed by atoms with Crippen molar-refractivity contribution in [2.75, 3.05) is 12.3 Å². The fourth-order valence-corrected chi connectivity index (χ4v) is 1.58. The number of carbonyl (C=O) groups excluding carboxylic acids is 1. The van der Waals surface area contributed by atoms with Crippen molar-refractivity contribution in [3.63, 3.8) is 0 Å². The first kappa shape index (κ1) is 11.3. The van der Waals surface area contributed by atoms with Gasteiger partial charge < -0.3 is 20.1 Å². The molecule has 0 spiro atoms. The van der Waals surface area contributed by atoms with Gasteiger partial charge in [-0.05, 0) is 19.1 Å². The summed E-state index contributed by atoms with van der Waals surface area (Å²) in [5, 5.41) is 13.7. The van der Waals surface area contributed by atoms with E-state index in [1.165, 1.54) is 6.07 Å². The molecule has 90 valence electrons. The number of nitrogens with two attached hydrogens (primary N) is 1. The van der Waals surface area contributed by atoms with Gasteiger partial charge in [-0.2, -0.15) is 0 Å². The number of anilines is 1. The number of carbonyl (C=O) groups is 1. The van der Waals surface area contributed by atoms with Gasteiger partial charge in [0, 0.05) is 0 Å². The number of hydrogen-bond acceptors (Lipinski definition) is 6. The van der Waals surface area contributed by atoms with E-state index in [2.05, 4.69) is 5.16 Å². The minimum Gasteiger partial charge on any atom is -0.506 e. The van der Waals surface area contributed by atoms with Gasteiger partial charge in [0.25, 0.3) is 0 Å². The van der Waals surface area contributed by atoms with Crippen molar-refractivity contribution in [3.8, 4) is 5.75 Å². The van der Waals surface area contributed by atoms with E-state index < -0.39 is 5.97 Å². The highest BCUT2D eigenvalue weighted by atomic mass is 16.5. The number of nitrogen functional groups attached to an aromatic ring is 1. The Morgan fingerprint density at radius 1 is 1.59 bits per heavy atom. The second-order valence-corrected chi connectivity index (χ2v) is 3.48. The summed E-state index contributed by atoms with van der Waals surface area (Å²) in [5.41, 5.74) is 6.66. The van der Waals surface area contributed by atoms with E-state index in [4.69, 9.17) is 15.0 Å². The summed E-state index contributed by atoms with van der Waals surface area (Å²) in [5.74, 6) is -0.476. The van der Waals surface area contributed by atoms with Gasteiger partial charge in [0.05, 0.1) is 24.1 Å². The minimum absolute atomic E-state index is 0.0332. The number of nitrogens with zero attached hydrogens (tertiary/aromatic N) is 1. The van der Waals surface area contributed by atoms with Crippen LogP contribution in [0.4, 0.5) is 5.69 Å². The van der Waals surface area contributed by atoms with Gasteiger partial charge >= 0.3 is 5.97 Å². The summed E-state index contributed by atoms with van der Waals surface area (Å²) in [6.07, 6.45) is -0.0332. The molecule has 0 aliphatic rings. The van der Waals surface area contributed by atoms with Crippen molar-refractivity contribution in [2.45, 2.75) is 13.3 Å². The smallest absolute Gasteiger partial charge is 0.312 e. The van der Waals surface area contributed by atoms with E-state index >= 15 is 0 Å². The molecule has 2 rings (SSSR count). The number of benzene rings is 1. The highest BCUT2D eigenvalue weighted by Gasteiger charge is 2.17. The highest BCUT2D eigenvalue weighted by molar-refractivity contribution is 5.96. The number of esters is 1. The average Bonchev–Trinajstić information content (AvgIpc) is 2.68. The zero-order valence-corrected chi connectivity index (χ0v) is 9.27. The molecule has 0 saturated heterocycles. The van der Waals surface area contributed by atoms with Gasteiger partial charge in [0.2, 0.25) is 0 Å². The lowest BCUT2D eigenvalue weighted by atomic mass is 10.1. The molecule has 0 radical (unpaired) electrons. The van der Waals surface area contributed by atoms with E-state index in [9.17, 15) is 9.90 Å². The fourth-order valence-electron chi connectivity index (χ4n) is 1.58. The normalized spacial score (nSPS) is 10.6. The number of aromatic nitrogens is 1. The fraction of sp³-hybridized carbons (Fsp3) is 0.273. The van der Waals surface area contributed by atoms with Crippen LogP contribution < -0.4 is 5.73 Å². The maximum atomic E-state index is 11.3. The SMILES string of the molecule is CCOC(=O)Cc1noc2ccc(O)c(N)c12. The first-order chi connectivity index (χ1) is 8.13. The van der Waals surface area contributed by atoms with E-state index in [-0.39, 0.29) is 17.9 Å². The van der Waals surface area contributed by atoms with E-state index in [0.717, 1.165) is 0 Å². The largest absolute Gasteiger partial charge is 0.506 e. The summed E-state index contributed by atoms with van der Waals surface area (Å²) in [6.45, 7) is 2.02. The summed E-state index contributed by atoms with van der Waals surface area (Å²) in [4.78, 5) is 11.3. The lowest BCUT2D eigenvalue weighted by Crippen LogP contribution is -2.08. The monoisotopic (exact) mass is 236 g/mol. The Labute approximate surface area is 96.9 Å². The molecule has 1 aromatic heterocycles. The van der Waals surface area contributed by atoms with Crippen molar-refractivity contribution >= 4 is 22.6 Å². The number of phenols is 1. The summed E-state index contributed by atoms with van der Waals surface area (Å²) >= 11 is 0. The van der Waals surface area contributed by atoms with Crippen molar-refractivity contribution < 1.29 is 19.2 Å². The Kier molecular flexibility index (Phi) is 2.86. The quantitative estimate of drug-likeness (QED) is 0.472. The zero-order valence-electron chi connectivity index (χ0n) is 9.27. The van der Waals surface area contributed by atoms with Crippen LogP contribution in [0, 0.1) is 0 Å². The summed E-state index contributed by atoms with van der Waals surface area (Å²) in [6, 6.07) is 2.96. The maximum Gasteiger partial charge on any atom is 0.312 e. The number of phenolic OH excluding ortho intramolecular Hbond substituents is 1. The summed E-state index contributed by atoms with van der Waals surface area (Å²) < 4.78 is 9.83. The van der Waals surface area contributed by atoms with E-state index in [1.54, 1.807) is 13.0 Å². The van der Waals surface area contributed by atoms with Gasteiger partial charge in [0.15, 0.2) is 5.58 Å². The van der Waals surface area contributed by atoms with Crippen LogP contribution in [0.3, 0.4) is 0 Å². The third-order valence-corrected chi connectivity index (χ3v) is 2.34. The molecule has 0 atom stereocenters. The molecule has 0 bridgehead atoms. The molecule has 0 saturated carbocycles. The second-order valence-electron chi connectivity index (χ2n) is 3.48. The average molecular weight is 236 g/mol. The predicted molar refractivity (Wildman–Crippen MR) is 60.4 cm³/mol. The number of aromatic hydroxyl groups is 1. The highest BCUT2D eigenvalue weighted by Crippen LogP contribution is 2.32. The number of rotatable bonds is 3. The predicted octanol–water partition coefficient (Wildman–Crippen LogP) is 1.22. The molecule has 0 fully saturated rings. The number of ether oxygens (including phenoxy) is 1. The molecule has 0 amide bonds. The molecule has 0 aliphatic heterocycles. The molecule has 3 N–H and O–H groups in total. The lowest BCUT2D eigenvalue weighted by Gasteiger charge is -2.01. The number of hydrogen-bond donors (Lipinski definition) is 2. The van der Waals surface area contributed by atoms with Crippen LogP contribution >= 0.6 is 0 Å². The van der Waals surface area contributed by atoms with Crippen LogP contribution in [0.5, 0.6) is 5.75 Å². The third-order valence-electron chi connectivity index (χ3n) is 2.34. The standard InChI is InChI=1S/C11H12N2O4/c1-2-16-9(15)5-6-10-8(17-13-6)4-3-7(14)11(10)12/h3-4,14H,2,5,12H2,1H3. The molecule has 1 heterocycles. The van der Waals surface area contributed by atoms with Gasteiger partial charge in [-0.3, -0.25) is 4.79 Å². The Hall–Kier alpha value is -2.24. The molecule has 1 aromatic carbocycles. The Morgan fingerprint density at radius 3 is 3.06 bits per heavy atom. The first-order valence-electron chi connectivity index (χ1n) is 5.14. The van der Waals surface area contributed by atoms with E-state index in [0.29, 0.717) is 23.3 Å². The van der Waals surface area contributed by atoms with E-state index in [1.807, 2.05) is 0 Å². The zero-order chi connectivity index (χ0) is 12.4. The van der Waals surface area contributed by atoms with Crippen LogP contribution in [0.15, 0.2) is 16.7 Å². The van der Waals surface area contributed by atoms with Crippen molar-refractivity contribution in [3.05, 3.63) is 17.8 Å². The molecular weight excluding hydrogens is 224 g/mol. The minimum atomic E-state index is -0.412. The number of fused-ring (bicyclic) bond motifs is 1. The lowest BCUT2D eigenvalue weighted by molar-refractivity contribution is -0.142. The van der Waals surface area contributed by atoms with Gasteiger partial charge in [0.1, 0.15) is 11.4 Å². The molecule has 0 unspecified atom stereocenters. The molecular formula is C11H12N2O4. The first-order valence-corrected chi connectivity index (χ1v) is 5.14. The molecule has 6 heteroatoms. The van der Waals surface area contributed by atoms with Crippen molar-refractivity contribution in [1.82, 2.24) is 5.16 Å².